The third kappa shape index (κ3) is 2.50. The Hall–Kier alpha value is -1.86. The maximum absolute atomic E-state index is 12.7. The van der Waals surface area contributed by atoms with Crippen LogP contribution in [0.3, 0.4) is 0 Å². The summed E-state index contributed by atoms with van der Waals surface area (Å²) >= 11 is 0. The van der Waals surface area contributed by atoms with Gasteiger partial charge in [-0.2, -0.15) is 5.26 Å². The minimum absolute atomic E-state index is 0.0114. The number of likely N-dealkylation sites (tertiary alicyclic amines) is 1. The van der Waals surface area contributed by atoms with E-state index in [9.17, 15) is 9.90 Å². The molecular weight excluding hydrogens is 276 g/mol. The van der Waals surface area contributed by atoms with Gasteiger partial charge in [-0.1, -0.05) is 13.3 Å². The number of hydrogen-bond acceptors (Lipinski definition) is 3. The van der Waals surface area contributed by atoms with E-state index in [1.807, 2.05) is 11.8 Å². The molecule has 0 spiro atoms. The fourth-order valence-electron chi connectivity index (χ4n) is 4.10. The molecule has 3 rings (SSSR count). The van der Waals surface area contributed by atoms with E-state index in [-0.39, 0.29) is 11.8 Å². The molecule has 1 amide bonds. The summed E-state index contributed by atoms with van der Waals surface area (Å²) in [5, 5.41) is 19.6. The van der Waals surface area contributed by atoms with Gasteiger partial charge in [-0.25, -0.2) is 0 Å². The molecule has 1 saturated carbocycles. The number of fused-ring (bicyclic) bond motifs is 1. The number of hydrogen-bond donors (Lipinski definition) is 1. The molecule has 3 atom stereocenters. The normalized spacial score (nSPS) is 30.7. The molecule has 2 aliphatic rings. The lowest BCUT2D eigenvalue weighted by Crippen LogP contribution is -2.44. The Morgan fingerprint density at radius 3 is 2.77 bits per heavy atom. The SMILES string of the molecule is CC[C@@]1(O)CCC[C@@H]2CN(C(=O)c3ccc(C#N)cc3)C[C@@H]21. The highest BCUT2D eigenvalue weighted by Gasteiger charge is 2.48. The maximum atomic E-state index is 12.7. The second-order valence-electron chi connectivity index (χ2n) is 6.62. The fraction of sp³-hybridized carbons (Fsp3) is 0.556. The minimum Gasteiger partial charge on any atom is -0.390 e. The number of carbonyl (C=O) groups excluding carboxylic acids is 1. The van der Waals surface area contributed by atoms with Crippen molar-refractivity contribution in [3.8, 4) is 6.07 Å². The number of aliphatic hydroxyl groups is 1. The van der Waals surface area contributed by atoms with Gasteiger partial charge in [-0.15, -0.1) is 0 Å². The molecule has 4 nitrogen and oxygen atoms in total. The monoisotopic (exact) mass is 298 g/mol. The van der Waals surface area contributed by atoms with E-state index in [0.29, 0.717) is 23.6 Å². The lowest BCUT2D eigenvalue weighted by Gasteiger charge is -2.40. The van der Waals surface area contributed by atoms with E-state index in [2.05, 4.69) is 6.07 Å². The van der Waals surface area contributed by atoms with Crippen molar-refractivity contribution in [1.29, 1.82) is 5.26 Å². The van der Waals surface area contributed by atoms with Gasteiger partial charge in [0.1, 0.15) is 0 Å². The van der Waals surface area contributed by atoms with Gasteiger partial charge in [-0.3, -0.25) is 4.79 Å². The summed E-state index contributed by atoms with van der Waals surface area (Å²) in [5.41, 5.74) is 0.576. The van der Waals surface area contributed by atoms with Crippen LogP contribution in [0, 0.1) is 23.2 Å². The fourth-order valence-corrected chi connectivity index (χ4v) is 4.10. The minimum atomic E-state index is -0.609. The average Bonchev–Trinajstić information content (AvgIpc) is 3.00. The van der Waals surface area contributed by atoms with E-state index >= 15 is 0 Å². The number of benzene rings is 1. The molecule has 1 aromatic carbocycles. The van der Waals surface area contributed by atoms with Crippen LogP contribution in [-0.2, 0) is 0 Å². The highest BCUT2D eigenvalue weighted by atomic mass is 16.3. The predicted molar refractivity (Wildman–Crippen MR) is 83.1 cm³/mol. The summed E-state index contributed by atoms with van der Waals surface area (Å²) < 4.78 is 0. The Balaban J connectivity index is 1.76. The zero-order valence-corrected chi connectivity index (χ0v) is 13.0. The van der Waals surface area contributed by atoms with Crippen molar-refractivity contribution in [2.45, 2.75) is 38.2 Å². The van der Waals surface area contributed by atoms with Crippen molar-refractivity contribution in [1.82, 2.24) is 4.90 Å². The molecule has 116 valence electrons. The zero-order chi connectivity index (χ0) is 15.7. The van der Waals surface area contributed by atoms with Crippen LogP contribution in [-0.4, -0.2) is 34.6 Å². The molecule has 22 heavy (non-hydrogen) atoms. The van der Waals surface area contributed by atoms with Crippen LogP contribution in [0.1, 0.15) is 48.5 Å². The lowest BCUT2D eigenvalue weighted by molar-refractivity contribution is -0.0609. The molecular formula is C18H22N2O2. The Labute approximate surface area is 131 Å². The smallest absolute Gasteiger partial charge is 0.253 e. The van der Waals surface area contributed by atoms with Crippen molar-refractivity contribution in [3.63, 3.8) is 0 Å². The van der Waals surface area contributed by atoms with Crippen LogP contribution in [0.15, 0.2) is 24.3 Å². The highest BCUT2D eigenvalue weighted by Crippen LogP contribution is 2.44. The molecule has 2 fully saturated rings. The van der Waals surface area contributed by atoms with Gasteiger partial charge >= 0.3 is 0 Å². The van der Waals surface area contributed by atoms with Crippen molar-refractivity contribution in [2.24, 2.45) is 11.8 Å². The first-order valence-corrected chi connectivity index (χ1v) is 8.09. The molecule has 1 aliphatic heterocycles. The van der Waals surface area contributed by atoms with Crippen molar-refractivity contribution in [2.75, 3.05) is 13.1 Å². The first kappa shape index (κ1) is 15.1. The van der Waals surface area contributed by atoms with Gasteiger partial charge in [0.15, 0.2) is 0 Å². The summed E-state index contributed by atoms with van der Waals surface area (Å²) in [7, 11) is 0. The van der Waals surface area contributed by atoms with Gasteiger partial charge < -0.3 is 10.0 Å². The first-order valence-electron chi connectivity index (χ1n) is 8.09. The van der Waals surface area contributed by atoms with Gasteiger partial charge in [0.2, 0.25) is 0 Å². The summed E-state index contributed by atoms with van der Waals surface area (Å²) in [6.07, 6.45) is 3.76. The third-order valence-corrected chi connectivity index (χ3v) is 5.48. The quantitative estimate of drug-likeness (QED) is 0.912. The second kappa shape index (κ2) is 5.73. The molecule has 1 heterocycles. The molecule has 1 saturated heterocycles. The maximum Gasteiger partial charge on any atom is 0.253 e. The summed E-state index contributed by atoms with van der Waals surface area (Å²) in [6, 6.07) is 8.86. The number of amides is 1. The van der Waals surface area contributed by atoms with Gasteiger partial charge in [-0.05, 0) is 49.4 Å². The van der Waals surface area contributed by atoms with Crippen LogP contribution in [0.4, 0.5) is 0 Å². The van der Waals surface area contributed by atoms with Crippen molar-refractivity contribution in [3.05, 3.63) is 35.4 Å². The van der Waals surface area contributed by atoms with Crippen LogP contribution < -0.4 is 0 Å². The summed E-state index contributed by atoms with van der Waals surface area (Å²) in [6.45, 7) is 3.42. The number of nitriles is 1. The van der Waals surface area contributed by atoms with E-state index in [4.69, 9.17) is 5.26 Å². The molecule has 1 aliphatic carbocycles. The van der Waals surface area contributed by atoms with E-state index in [1.165, 1.54) is 0 Å². The third-order valence-electron chi connectivity index (χ3n) is 5.48. The Bertz CT molecular complexity index is 605. The van der Waals surface area contributed by atoms with Crippen LogP contribution >= 0.6 is 0 Å². The zero-order valence-electron chi connectivity index (χ0n) is 13.0. The Kier molecular flexibility index (Phi) is 3.92. The number of rotatable bonds is 2. The highest BCUT2D eigenvalue weighted by molar-refractivity contribution is 5.94. The van der Waals surface area contributed by atoms with E-state index in [1.54, 1.807) is 24.3 Å². The van der Waals surface area contributed by atoms with E-state index in [0.717, 1.165) is 32.2 Å². The van der Waals surface area contributed by atoms with Gasteiger partial charge in [0.05, 0.1) is 17.2 Å². The molecule has 0 aromatic heterocycles. The predicted octanol–water partition coefficient (Wildman–Crippen LogP) is 2.57. The number of nitrogens with zero attached hydrogens (tertiary/aromatic N) is 2. The molecule has 0 radical (unpaired) electrons. The topological polar surface area (TPSA) is 64.3 Å². The molecule has 1 N–H and O–H groups in total. The largest absolute Gasteiger partial charge is 0.390 e. The number of carbonyl (C=O) groups is 1. The molecule has 1 aromatic rings. The molecule has 0 bridgehead atoms. The van der Waals surface area contributed by atoms with Crippen molar-refractivity contribution >= 4 is 5.91 Å². The van der Waals surface area contributed by atoms with E-state index < -0.39 is 5.60 Å². The first-order chi connectivity index (χ1) is 10.6. The lowest BCUT2D eigenvalue weighted by atomic mass is 9.69. The second-order valence-corrected chi connectivity index (χ2v) is 6.62. The Morgan fingerprint density at radius 1 is 1.41 bits per heavy atom. The van der Waals surface area contributed by atoms with Crippen molar-refractivity contribution < 1.29 is 9.90 Å². The summed E-state index contributed by atoms with van der Waals surface area (Å²) in [5.74, 6) is 0.631. The van der Waals surface area contributed by atoms with Crippen LogP contribution in [0.25, 0.3) is 0 Å². The van der Waals surface area contributed by atoms with Crippen LogP contribution in [0.2, 0.25) is 0 Å². The van der Waals surface area contributed by atoms with Crippen LogP contribution in [0.5, 0.6) is 0 Å². The average molecular weight is 298 g/mol. The Morgan fingerprint density at radius 2 is 2.14 bits per heavy atom. The summed E-state index contributed by atoms with van der Waals surface area (Å²) in [4.78, 5) is 14.5. The molecule has 4 heteroatoms. The standard InChI is InChI=1S/C18H22N2O2/c1-2-18(22)9-3-4-15-11-20(12-16(15)18)17(21)14-7-5-13(10-19)6-8-14/h5-8,15-16,22H,2-4,9,11-12H2,1H3/t15-,16+,18-/m1/s1. The van der Waals surface area contributed by atoms with Gasteiger partial charge in [0.25, 0.3) is 5.91 Å². The molecule has 0 unspecified atom stereocenters. The van der Waals surface area contributed by atoms with Gasteiger partial charge in [0, 0.05) is 24.6 Å².